The van der Waals surface area contributed by atoms with Crippen molar-refractivity contribution in [3.8, 4) is 0 Å². The largest absolute Gasteiger partial charge is 0.374 e. The zero-order valence-corrected chi connectivity index (χ0v) is 11.9. The summed E-state index contributed by atoms with van der Waals surface area (Å²) in [5.41, 5.74) is 6.01. The summed E-state index contributed by atoms with van der Waals surface area (Å²) in [5, 5.41) is 2.67. The summed E-state index contributed by atoms with van der Waals surface area (Å²) in [6.07, 6.45) is -0.0179. The van der Waals surface area contributed by atoms with Crippen LogP contribution in [0.25, 0.3) is 0 Å². The van der Waals surface area contributed by atoms with Gasteiger partial charge in [-0.15, -0.1) is 12.4 Å². The van der Waals surface area contributed by atoms with Gasteiger partial charge in [0.1, 0.15) is 5.82 Å². The van der Waals surface area contributed by atoms with Crippen molar-refractivity contribution >= 4 is 24.0 Å². The predicted molar refractivity (Wildman–Crippen MR) is 77.5 cm³/mol. The van der Waals surface area contributed by atoms with Crippen LogP contribution >= 0.6 is 12.4 Å². The van der Waals surface area contributed by atoms with Crippen LogP contribution in [0.2, 0.25) is 0 Å². The van der Waals surface area contributed by atoms with Crippen molar-refractivity contribution in [2.24, 2.45) is 5.73 Å². The zero-order valence-electron chi connectivity index (χ0n) is 11.0. The fourth-order valence-corrected chi connectivity index (χ4v) is 2.04. The van der Waals surface area contributed by atoms with Crippen molar-refractivity contribution in [3.63, 3.8) is 0 Å². The molecule has 20 heavy (non-hydrogen) atoms. The highest BCUT2D eigenvalue weighted by Crippen LogP contribution is 2.09. The molecule has 1 amide bonds. The van der Waals surface area contributed by atoms with Gasteiger partial charge >= 0.3 is 0 Å². The molecule has 1 unspecified atom stereocenters. The maximum absolute atomic E-state index is 13.0. The molecule has 1 aliphatic heterocycles. The van der Waals surface area contributed by atoms with Crippen LogP contribution in [0.3, 0.4) is 0 Å². The normalized spacial score (nSPS) is 19.2. The maximum Gasteiger partial charge on any atom is 0.238 e. The predicted octanol–water partition coefficient (Wildman–Crippen LogP) is 0.845. The first kappa shape index (κ1) is 16.8. The van der Waals surface area contributed by atoms with E-state index in [4.69, 9.17) is 10.5 Å². The number of nitrogens with one attached hydrogen (secondary N) is 1. The van der Waals surface area contributed by atoms with Crippen LogP contribution in [0.15, 0.2) is 24.3 Å². The standard InChI is InChI=1S/C13H18FN3O2.ClH/c14-10-2-1-3-11(6-10)16-13(18)9-17-4-5-19-12(7-15)8-17;/h1-3,6,12H,4-5,7-9,15H2,(H,16,18);1H. The molecule has 0 aliphatic carbocycles. The average Bonchev–Trinajstić information content (AvgIpc) is 2.38. The van der Waals surface area contributed by atoms with E-state index in [1.165, 1.54) is 12.1 Å². The number of anilines is 1. The minimum absolute atomic E-state index is 0. The summed E-state index contributed by atoms with van der Waals surface area (Å²) in [6, 6.07) is 5.84. The average molecular weight is 304 g/mol. The molecule has 0 spiro atoms. The van der Waals surface area contributed by atoms with Crippen LogP contribution in [0, 0.1) is 5.82 Å². The lowest BCUT2D eigenvalue weighted by molar-refractivity contribution is -0.119. The van der Waals surface area contributed by atoms with E-state index < -0.39 is 0 Å². The highest BCUT2D eigenvalue weighted by atomic mass is 35.5. The third kappa shape index (κ3) is 5.05. The molecule has 3 N–H and O–H groups in total. The fraction of sp³-hybridized carbons (Fsp3) is 0.462. The molecule has 112 valence electrons. The second-order valence-electron chi connectivity index (χ2n) is 4.52. The molecule has 1 atom stereocenters. The number of nitrogens with two attached hydrogens (primary N) is 1. The number of halogens is 2. The third-order valence-electron chi connectivity index (χ3n) is 2.96. The highest BCUT2D eigenvalue weighted by Gasteiger charge is 2.20. The lowest BCUT2D eigenvalue weighted by atomic mass is 10.2. The Morgan fingerprint density at radius 3 is 3.05 bits per heavy atom. The van der Waals surface area contributed by atoms with E-state index in [1.54, 1.807) is 12.1 Å². The highest BCUT2D eigenvalue weighted by molar-refractivity contribution is 5.92. The Morgan fingerprint density at radius 1 is 1.55 bits per heavy atom. The molecule has 1 saturated heterocycles. The van der Waals surface area contributed by atoms with E-state index >= 15 is 0 Å². The van der Waals surface area contributed by atoms with Crippen LogP contribution < -0.4 is 11.1 Å². The number of hydrogen-bond acceptors (Lipinski definition) is 4. The molecule has 1 heterocycles. The van der Waals surface area contributed by atoms with Crippen molar-refractivity contribution in [2.45, 2.75) is 6.10 Å². The first-order chi connectivity index (χ1) is 9.17. The number of rotatable bonds is 4. The van der Waals surface area contributed by atoms with E-state index in [0.29, 0.717) is 31.9 Å². The van der Waals surface area contributed by atoms with Crippen molar-refractivity contribution in [2.75, 3.05) is 38.1 Å². The van der Waals surface area contributed by atoms with E-state index in [2.05, 4.69) is 5.32 Å². The van der Waals surface area contributed by atoms with E-state index in [9.17, 15) is 9.18 Å². The molecular formula is C13H19ClFN3O2. The Morgan fingerprint density at radius 2 is 2.35 bits per heavy atom. The minimum Gasteiger partial charge on any atom is -0.374 e. The molecule has 0 bridgehead atoms. The molecule has 1 aromatic carbocycles. The van der Waals surface area contributed by atoms with Gasteiger partial charge in [0.2, 0.25) is 5.91 Å². The maximum atomic E-state index is 13.0. The van der Waals surface area contributed by atoms with Gasteiger partial charge in [-0.3, -0.25) is 9.69 Å². The molecular weight excluding hydrogens is 285 g/mol. The van der Waals surface area contributed by atoms with Gasteiger partial charge in [0.05, 0.1) is 19.3 Å². The molecule has 0 saturated carbocycles. The van der Waals surface area contributed by atoms with Crippen LogP contribution in [0.1, 0.15) is 0 Å². The van der Waals surface area contributed by atoms with Crippen molar-refractivity contribution in [3.05, 3.63) is 30.1 Å². The van der Waals surface area contributed by atoms with Gasteiger partial charge in [0.15, 0.2) is 0 Å². The zero-order chi connectivity index (χ0) is 13.7. The first-order valence-corrected chi connectivity index (χ1v) is 6.27. The molecule has 1 aromatic rings. The van der Waals surface area contributed by atoms with Crippen LogP contribution in [-0.2, 0) is 9.53 Å². The molecule has 1 fully saturated rings. The Bertz CT molecular complexity index is 447. The van der Waals surface area contributed by atoms with Crippen LogP contribution in [0.4, 0.5) is 10.1 Å². The van der Waals surface area contributed by atoms with Gasteiger partial charge in [-0.1, -0.05) is 6.07 Å². The number of benzene rings is 1. The second-order valence-corrected chi connectivity index (χ2v) is 4.52. The number of ether oxygens (including phenoxy) is 1. The van der Waals surface area contributed by atoms with Crippen molar-refractivity contribution < 1.29 is 13.9 Å². The number of nitrogens with zero attached hydrogens (tertiary/aromatic N) is 1. The molecule has 5 nitrogen and oxygen atoms in total. The summed E-state index contributed by atoms with van der Waals surface area (Å²) >= 11 is 0. The van der Waals surface area contributed by atoms with Gasteiger partial charge in [-0.2, -0.15) is 0 Å². The minimum atomic E-state index is -0.368. The Kier molecular flexibility index (Phi) is 6.87. The quantitative estimate of drug-likeness (QED) is 0.865. The summed E-state index contributed by atoms with van der Waals surface area (Å²) in [5.74, 6) is -0.532. The van der Waals surface area contributed by atoms with Gasteiger partial charge < -0.3 is 15.8 Å². The Labute approximate surface area is 123 Å². The lowest BCUT2D eigenvalue weighted by Crippen LogP contribution is -2.48. The molecule has 0 aromatic heterocycles. The third-order valence-corrected chi connectivity index (χ3v) is 2.96. The SMILES string of the molecule is Cl.NCC1CN(CC(=O)Nc2cccc(F)c2)CCO1. The summed E-state index contributed by atoms with van der Waals surface area (Å²) in [7, 11) is 0. The van der Waals surface area contributed by atoms with E-state index in [1.807, 2.05) is 4.90 Å². The number of morpholine rings is 1. The topological polar surface area (TPSA) is 67.6 Å². The number of amides is 1. The van der Waals surface area contributed by atoms with Crippen molar-refractivity contribution in [1.82, 2.24) is 4.90 Å². The molecule has 1 aliphatic rings. The Hall–Kier alpha value is -1.21. The van der Waals surface area contributed by atoms with Gasteiger partial charge in [-0.05, 0) is 18.2 Å². The number of carbonyl (C=O) groups excluding carboxylic acids is 1. The molecule has 0 radical (unpaired) electrons. The molecule has 2 rings (SSSR count). The lowest BCUT2D eigenvalue weighted by Gasteiger charge is -2.31. The monoisotopic (exact) mass is 303 g/mol. The summed E-state index contributed by atoms with van der Waals surface area (Å²) in [4.78, 5) is 13.8. The summed E-state index contributed by atoms with van der Waals surface area (Å²) < 4.78 is 18.4. The smallest absolute Gasteiger partial charge is 0.238 e. The number of carbonyl (C=O) groups is 1. The number of hydrogen-bond donors (Lipinski definition) is 2. The second kappa shape index (κ2) is 8.16. The van der Waals surface area contributed by atoms with Crippen LogP contribution in [-0.4, -0.2) is 49.7 Å². The van der Waals surface area contributed by atoms with Crippen molar-refractivity contribution in [1.29, 1.82) is 0 Å². The first-order valence-electron chi connectivity index (χ1n) is 6.27. The van der Waals surface area contributed by atoms with Gasteiger partial charge in [-0.25, -0.2) is 4.39 Å². The van der Waals surface area contributed by atoms with Gasteiger partial charge in [0.25, 0.3) is 0 Å². The summed E-state index contributed by atoms with van der Waals surface area (Å²) in [6.45, 7) is 2.63. The fourth-order valence-electron chi connectivity index (χ4n) is 2.04. The van der Waals surface area contributed by atoms with Crippen LogP contribution in [0.5, 0.6) is 0 Å². The van der Waals surface area contributed by atoms with E-state index in [0.717, 1.165) is 0 Å². The Balaban J connectivity index is 0.00000200. The molecule has 7 heteroatoms. The van der Waals surface area contributed by atoms with Gasteiger partial charge in [0, 0.05) is 25.3 Å². The van der Waals surface area contributed by atoms with E-state index in [-0.39, 0.29) is 36.8 Å².